The van der Waals surface area contributed by atoms with Gasteiger partial charge < -0.3 is 21.1 Å². The van der Waals surface area contributed by atoms with Crippen molar-refractivity contribution in [2.45, 2.75) is 37.8 Å². The van der Waals surface area contributed by atoms with Crippen LogP contribution in [-0.2, 0) is 4.79 Å². The molecule has 0 aromatic heterocycles. The first-order chi connectivity index (χ1) is 11.5. The van der Waals surface area contributed by atoms with E-state index in [1.54, 1.807) is 18.8 Å². The van der Waals surface area contributed by atoms with Crippen LogP contribution in [0.25, 0.3) is 0 Å². The largest absolute Gasteiger partial charge is 0.387 e. The fourth-order valence-electron chi connectivity index (χ4n) is 2.98. The van der Waals surface area contributed by atoms with Crippen molar-refractivity contribution in [2.75, 3.05) is 51.3 Å². The number of piperidine rings is 1. The van der Waals surface area contributed by atoms with Crippen molar-refractivity contribution in [2.24, 2.45) is 4.99 Å². The summed E-state index contributed by atoms with van der Waals surface area (Å²) in [5.41, 5.74) is -0.649. The molecule has 9 heteroatoms. The summed E-state index contributed by atoms with van der Waals surface area (Å²) < 4.78 is 0. The molecular formula is C16H32IN5O2S. The van der Waals surface area contributed by atoms with Crippen LogP contribution in [0.2, 0.25) is 0 Å². The summed E-state index contributed by atoms with van der Waals surface area (Å²) in [4.78, 5) is 18.2. The van der Waals surface area contributed by atoms with Crippen LogP contribution in [0.3, 0.4) is 0 Å². The van der Waals surface area contributed by atoms with E-state index in [0.717, 1.165) is 56.4 Å². The number of nitrogens with one attached hydrogen (secondary N) is 3. The summed E-state index contributed by atoms with van der Waals surface area (Å²) in [6.07, 6.45) is 2.79. The predicted molar refractivity (Wildman–Crippen MR) is 115 cm³/mol. The van der Waals surface area contributed by atoms with Gasteiger partial charge in [0.25, 0.3) is 0 Å². The van der Waals surface area contributed by atoms with Gasteiger partial charge in [0.15, 0.2) is 5.96 Å². The molecule has 0 bridgehead atoms. The lowest BCUT2D eigenvalue weighted by Crippen LogP contribution is -2.50. The molecule has 0 aliphatic carbocycles. The van der Waals surface area contributed by atoms with Gasteiger partial charge in [-0.2, -0.15) is 11.8 Å². The fraction of sp³-hybridized carbons (Fsp3) is 0.875. The highest BCUT2D eigenvalue weighted by atomic mass is 127. The van der Waals surface area contributed by atoms with Crippen molar-refractivity contribution in [3.63, 3.8) is 0 Å². The van der Waals surface area contributed by atoms with Gasteiger partial charge in [0.05, 0.1) is 18.7 Å². The zero-order valence-corrected chi connectivity index (χ0v) is 18.4. The molecule has 2 rings (SSSR count). The van der Waals surface area contributed by atoms with Crippen LogP contribution >= 0.6 is 35.7 Å². The number of carbonyl (C=O) groups excluding carboxylic acids is 1. The molecule has 0 spiro atoms. The normalized spacial score (nSPS) is 25.3. The summed E-state index contributed by atoms with van der Waals surface area (Å²) >= 11 is 1.79. The molecule has 2 aliphatic rings. The lowest BCUT2D eigenvalue weighted by Gasteiger charge is -2.32. The fourth-order valence-corrected chi connectivity index (χ4v) is 4.26. The van der Waals surface area contributed by atoms with E-state index in [4.69, 9.17) is 0 Å². The Balaban J connectivity index is 0.00000312. The number of thioether (sulfide) groups is 1. The second-order valence-electron chi connectivity index (χ2n) is 6.59. The van der Waals surface area contributed by atoms with Crippen LogP contribution in [0.15, 0.2) is 4.99 Å². The Hall–Kier alpha value is -0.260. The third-order valence-corrected chi connectivity index (χ3v) is 5.77. The van der Waals surface area contributed by atoms with Gasteiger partial charge in [0.2, 0.25) is 5.91 Å². The molecule has 1 atom stereocenters. The summed E-state index contributed by atoms with van der Waals surface area (Å²) in [6.45, 7) is 5.58. The Kier molecular flexibility index (Phi) is 10.4. The van der Waals surface area contributed by atoms with Crippen LogP contribution in [-0.4, -0.2) is 84.8 Å². The number of amides is 1. The lowest BCUT2D eigenvalue weighted by molar-refractivity contribution is -0.122. The quantitative estimate of drug-likeness (QED) is 0.245. The topological polar surface area (TPSA) is 89.0 Å². The maximum Gasteiger partial charge on any atom is 0.233 e. The Morgan fingerprint density at radius 1 is 1.40 bits per heavy atom. The first kappa shape index (κ1) is 22.8. The molecule has 2 heterocycles. The second-order valence-corrected chi connectivity index (χ2v) is 7.70. The second kappa shape index (κ2) is 11.5. The summed E-state index contributed by atoms with van der Waals surface area (Å²) in [7, 11) is 1.67. The minimum atomic E-state index is -0.649. The first-order valence-corrected chi connectivity index (χ1v) is 9.98. The van der Waals surface area contributed by atoms with Gasteiger partial charge in [0.1, 0.15) is 0 Å². The van der Waals surface area contributed by atoms with Gasteiger partial charge in [0, 0.05) is 38.5 Å². The number of likely N-dealkylation sites (tertiary alicyclic amines) is 1. The van der Waals surface area contributed by atoms with E-state index >= 15 is 0 Å². The molecule has 25 heavy (non-hydrogen) atoms. The minimum absolute atomic E-state index is 0. The van der Waals surface area contributed by atoms with E-state index in [1.807, 2.05) is 6.92 Å². The van der Waals surface area contributed by atoms with Crippen LogP contribution < -0.4 is 16.0 Å². The van der Waals surface area contributed by atoms with Gasteiger partial charge in [-0.15, -0.1) is 24.0 Å². The van der Waals surface area contributed by atoms with Gasteiger partial charge >= 0.3 is 0 Å². The molecule has 2 aliphatic heterocycles. The Morgan fingerprint density at radius 2 is 2.12 bits per heavy atom. The zero-order valence-electron chi connectivity index (χ0n) is 15.2. The number of likely N-dealkylation sites (N-methyl/N-ethyl adjacent to an activating group) is 1. The Bertz CT molecular complexity index is 438. The Labute approximate surface area is 172 Å². The Morgan fingerprint density at radius 3 is 2.68 bits per heavy atom. The van der Waals surface area contributed by atoms with Crippen molar-refractivity contribution in [3.05, 3.63) is 0 Å². The number of halogens is 1. The maximum absolute atomic E-state index is 11.4. The van der Waals surface area contributed by atoms with Gasteiger partial charge in [-0.05, 0) is 31.9 Å². The average molecular weight is 485 g/mol. The molecule has 2 saturated heterocycles. The molecule has 0 saturated carbocycles. The van der Waals surface area contributed by atoms with E-state index in [2.05, 4.69) is 25.8 Å². The SMILES string of the molecule is CCNC(=NCC1(O)CCSC1)NC1CCN(CC(=O)NC)CC1.I. The first-order valence-electron chi connectivity index (χ1n) is 8.82. The van der Waals surface area contributed by atoms with Crippen molar-refractivity contribution in [1.29, 1.82) is 0 Å². The zero-order chi connectivity index (χ0) is 17.4. The monoisotopic (exact) mass is 485 g/mol. The van der Waals surface area contributed by atoms with E-state index in [1.165, 1.54) is 0 Å². The lowest BCUT2D eigenvalue weighted by atomic mass is 10.0. The average Bonchev–Trinajstić information content (AvgIpc) is 3.01. The number of aliphatic imine (C=N–C) groups is 1. The molecule has 0 aromatic rings. The number of rotatable bonds is 6. The van der Waals surface area contributed by atoms with Crippen LogP contribution in [0.1, 0.15) is 26.2 Å². The highest BCUT2D eigenvalue weighted by Crippen LogP contribution is 2.27. The van der Waals surface area contributed by atoms with Crippen LogP contribution in [0.5, 0.6) is 0 Å². The van der Waals surface area contributed by atoms with Crippen molar-refractivity contribution in [1.82, 2.24) is 20.9 Å². The molecule has 2 fully saturated rings. The maximum atomic E-state index is 11.4. The van der Waals surface area contributed by atoms with Crippen LogP contribution in [0, 0.1) is 0 Å². The molecule has 1 unspecified atom stereocenters. The number of hydrogen-bond donors (Lipinski definition) is 4. The van der Waals surface area contributed by atoms with E-state index in [-0.39, 0.29) is 29.9 Å². The molecule has 0 aromatic carbocycles. The van der Waals surface area contributed by atoms with Crippen molar-refractivity contribution in [3.8, 4) is 0 Å². The summed E-state index contributed by atoms with van der Waals surface area (Å²) in [5.74, 6) is 2.64. The molecular weight excluding hydrogens is 453 g/mol. The third kappa shape index (κ3) is 7.88. The number of aliphatic hydroxyl groups is 1. The smallest absolute Gasteiger partial charge is 0.233 e. The standard InChI is InChI=1S/C16H31N5O2S.HI/c1-3-18-15(19-11-16(23)6-9-24-12-16)20-13-4-7-21(8-5-13)10-14(22)17-2;/h13,23H,3-12H2,1-2H3,(H,17,22)(H2,18,19,20);1H. The highest BCUT2D eigenvalue weighted by Gasteiger charge is 2.31. The highest BCUT2D eigenvalue weighted by molar-refractivity contribution is 14.0. The van der Waals surface area contributed by atoms with Gasteiger partial charge in [-0.3, -0.25) is 14.7 Å². The summed E-state index contributed by atoms with van der Waals surface area (Å²) in [6, 6.07) is 0.358. The predicted octanol–water partition coefficient (Wildman–Crippen LogP) is 0.238. The van der Waals surface area contributed by atoms with Crippen molar-refractivity contribution >= 4 is 47.6 Å². The molecule has 4 N–H and O–H groups in total. The molecule has 7 nitrogen and oxygen atoms in total. The van der Waals surface area contributed by atoms with E-state index in [0.29, 0.717) is 19.1 Å². The molecule has 146 valence electrons. The van der Waals surface area contributed by atoms with Gasteiger partial charge in [-0.25, -0.2) is 0 Å². The van der Waals surface area contributed by atoms with Crippen LogP contribution in [0.4, 0.5) is 0 Å². The molecule has 1 amide bonds. The molecule has 0 radical (unpaired) electrons. The number of carbonyl (C=O) groups is 1. The number of hydrogen-bond acceptors (Lipinski definition) is 5. The third-order valence-electron chi connectivity index (χ3n) is 4.53. The van der Waals surface area contributed by atoms with E-state index in [9.17, 15) is 9.90 Å². The van der Waals surface area contributed by atoms with Gasteiger partial charge in [-0.1, -0.05) is 0 Å². The summed E-state index contributed by atoms with van der Waals surface area (Å²) in [5, 5.41) is 19.8. The van der Waals surface area contributed by atoms with E-state index < -0.39 is 5.60 Å². The van der Waals surface area contributed by atoms with Crippen molar-refractivity contribution < 1.29 is 9.90 Å². The number of nitrogens with zero attached hydrogens (tertiary/aromatic N) is 2. The minimum Gasteiger partial charge on any atom is -0.387 e. The number of guanidine groups is 1.